The Labute approximate surface area is 78.8 Å². The average molecular weight is 187 g/mol. The normalized spacial score (nSPS) is 27.3. The molecule has 4 heteroatoms. The monoisotopic (exact) mass is 187 g/mol. The van der Waals surface area contributed by atoms with Crippen molar-refractivity contribution in [2.75, 3.05) is 20.3 Å². The molecular formula is C9H17NO3. The van der Waals surface area contributed by atoms with Crippen LogP contribution < -0.4 is 0 Å². The highest BCUT2D eigenvalue weighted by atomic mass is 16.6. The zero-order chi connectivity index (χ0) is 9.84. The number of hydrogen-bond acceptors (Lipinski definition) is 3. The van der Waals surface area contributed by atoms with Gasteiger partial charge in [-0.15, -0.1) is 0 Å². The Hall–Kier alpha value is -0.770. The van der Waals surface area contributed by atoms with Crippen LogP contribution in [-0.2, 0) is 9.47 Å². The van der Waals surface area contributed by atoms with E-state index in [1.165, 1.54) is 0 Å². The predicted octanol–water partition coefficient (Wildman–Crippen LogP) is 1.25. The van der Waals surface area contributed by atoms with Crippen molar-refractivity contribution in [3.05, 3.63) is 0 Å². The summed E-state index contributed by atoms with van der Waals surface area (Å²) in [6.45, 7) is 4.94. The SMILES string of the molecule is CCOC(=O)N(C)C1CCOC1C. The largest absolute Gasteiger partial charge is 0.450 e. The lowest BCUT2D eigenvalue weighted by Gasteiger charge is -2.25. The molecule has 1 rings (SSSR count). The molecule has 1 aliphatic rings. The zero-order valence-electron chi connectivity index (χ0n) is 8.45. The van der Waals surface area contributed by atoms with Crippen LogP contribution in [0.5, 0.6) is 0 Å². The number of ether oxygens (including phenoxy) is 2. The lowest BCUT2D eigenvalue weighted by atomic mass is 10.1. The van der Waals surface area contributed by atoms with Crippen molar-refractivity contribution in [2.24, 2.45) is 0 Å². The Balaban J connectivity index is 2.45. The molecule has 2 unspecified atom stereocenters. The molecule has 0 aliphatic carbocycles. The van der Waals surface area contributed by atoms with Crippen molar-refractivity contribution in [1.82, 2.24) is 4.90 Å². The molecule has 0 N–H and O–H groups in total. The number of rotatable bonds is 2. The van der Waals surface area contributed by atoms with E-state index in [-0.39, 0.29) is 18.2 Å². The molecule has 1 aliphatic heterocycles. The van der Waals surface area contributed by atoms with Gasteiger partial charge >= 0.3 is 6.09 Å². The summed E-state index contributed by atoms with van der Waals surface area (Å²) in [5, 5.41) is 0. The molecule has 0 saturated carbocycles. The predicted molar refractivity (Wildman–Crippen MR) is 48.6 cm³/mol. The minimum absolute atomic E-state index is 0.120. The van der Waals surface area contributed by atoms with E-state index in [0.717, 1.165) is 13.0 Å². The first-order valence-electron chi connectivity index (χ1n) is 4.68. The van der Waals surface area contributed by atoms with Crippen molar-refractivity contribution in [1.29, 1.82) is 0 Å². The van der Waals surface area contributed by atoms with Gasteiger partial charge in [0.25, 0.3) is 0 Å². The molecule has 13 heavy (non-hydrogen) atoms. The maximum Gasteiger partial charge on any atom is 0.409 e. The molecule has 1 heterocycles. The van der Waals surface area contributed by atoms with Gasteiger partial charge in [0.05, 0.1) is 18.8 Å². The molecule has 1 saturated heterocycles. The summed E-state index contributed by atoms with van der Waals surface area (Å²) in [6, 6.07) is 0.166. The summed E-state index contributed by atoms with van der Waals surface area (Å²) < 4.78 is 10.3. The maximum absolute atomic E-state index is 11.3. The molecular weight excluding hydrogens is 170 g/mol. The third-order valence-corrected chi connectivity index (χ3v) is 2.39. The van der Waals surface area contributed by atoms with E-state index >= 15 is 0 Å². The van der Waals surface area contributed by atoms with Crippen molar-refractivity contribution in [2.45, 2.75) is 32.4 Å². The van der Waals surface area contributed by atoms with Crippen LogP contribution in [-0.4, -0.2) is 43.4 Å². The zero-order valence-corrected chi connectivity index (χ0v) is 8.45. The van der Waals surface area contributed by atoms with Crippen LogP contribution in [0, 0.1) is 0 Å². The molecule has 2 atom stereocenters. The topological polar surface area (TPSA) is 38.8 Å². The highest BCUT2D eigenvalue weighted by molar-refractivity contribution is 5.67. The Morgan fingerprint density at radius 1 is 1.69 bits per heavy atom. The van der Waals surface area contributed by atoms with E-state index in [1.54, 1.807) is 18.9 Å². The van der Waals surface area contributed by atoms with Gasteiger partial charge < -0.3 is 14.4 Å². The number of carbonyl (C=O) groups excluding carboxylic acids is 1. The Bertz CT molecular complexity index is 184. The van der Waals surface area contributed by atoms with E-state index in [0.29, 0.717) is 6.61 Å². The summed E-state index contributed by atoms with van der Waals surface area (Å²) in [5.41, 5.74) is 0. The van der Waals surface area contributed by atoms with E-state index in [4.69, 9.17) is 9.47 Å². The van der Waals surface area contributed by atoms with Crippen LogP contribution in [0.1, 0.15) is 20.3 Å². The van der Waals surface area contributed by atoms with Crippen molar-refractivity contribution in [3.63, 3.8) is 0 Å². The third-order valence-electron chi connectivity index (χ3n) is 2.39. The Morgan fingerprint density at radius 2 is 2.38 bits per heavy atom. The number of amides is 1. The van der Waals surface area contributed by atoms with Gasteiger partial charge in [-0.2, -0.15) is 0 Å². The summed E-state index contributed by atoms with van der Waals surface area (Å²) in [7, 11) is 1.76. The highest BCUT2D eigenvalue weighted by Crippen LogP contribution is 2.18. The first kappa shape index (κ1) is 10.3. The second-order valence-electron chi connectivity index (χ2n) is 3.24. The molecule has 0 radical (unpaired) electrons. The highest BCUT2D eigenvalue weighted by Gasteiger charge is 2.31. The van der Waals surface area contributed by atoms with Crippen LogP contribution in [0.25, 0.3) is 0 Å². The van der Waals surface area contributed by atoms with E-state index < -0.39 is 0 Å². The lowest BCUT2D eigenvalue weighted by molar-refractivity contribution is 0.0654. The standard InChI is InChI=1S/C9H17NO3/c1-4-12-9(11)10(3)8-5-6-13-7(8)2/h7-8H,4-6H2,1-3H3. The van der Waals surface area contributed by atoms with Gasteiger partial charge in [0.15, 0.2) is 0 Å². The lowest BCUT2D eigenvalue weighted by Crippen LogP contribution is -2.41. The van der Waals surface area contributed by atoms with E-state index in [1.807, 2.05) is 6.92 Å². The van der Waals surface area contributed by atoms with Gasteiger partial charge in [0, 0.05) is 13.7 Å². The third kappa shape index (κ3) is 2.34. The van der Waals surface area contributed by atoms with E-state index in [2.05, 4.69) is 0 Å². The van der Waals surface area contributed by atoms with Crippen LogP contribution in [0.2, 0.25) is 0 Å². The minimum Gasteiger partial charge on any atom is -0.450 e. The molecule has 0 aromatic carbocycles. The molecule has 0 spiro atoms. The van der Waals surface area contributed by atoms with Gasteiger partial charge in [-0.05, 0) is 20.3 Å². The van der Waals surface area contributed by atoms with Gasteiger partial charge in [0.1, 0.15) is 0 Å². The summed E-state index contributed by atoms with van der Waals surface area (Å²) in [4.78, 5) is 12.9. The molecule has 1 amide bonds. The Morgan fingerprint density at radius 3 is 2.85 bits per heavy atom. The molecule has 0 aromatic rings. The number of likely N-dealkylation sites (N-methyl/N-ethyl adjacent to an activating group) is 1. The summed E-state index contributed by atoms with van der Waals surface area (Å²) in [5.74, 6) is 0. The van der Waals surface area contributed by atoms with Crippen LogP contribution in [0.3, 0.4) is 0 Å². The fourth-order valence-corrected chi connectivity index (χ4v) is 1.59. The molecule has 1 fully saturated rings. The first-order chi connectivity index (χ1) is 6.16. The maximum atomic E-state index is 11.3. The molecule has 0 aromatic heterocycles. The average Bonchev–Trinajstić information content (AvgIpc) is 2.50. The van der Waals surface area contributed by atoms with E-state index in [9.17, 15) is 4.79 Å². The molecule has 4 nitrogen and oxygen atoms in total. The minimum atomic E-state index is -0.259. The van der Waals surface area contributed by atoms with Crippen LogP contribution in [0.15, 0.2) is 0 Å². The van der Waals surface area contributed by atoms with Crippen molar-refractivity contribution < 1.29 is 14.3 Å². The van der Waals surface area contributed by atoms with Gasteiger partial charge in [-0.25, -0.2) is 4.79 Å². The second kappa shape index (κ2) is 4.46. The second-order valence-corrected chi connectivity index (χ2v) is 3.24. The van der Waals surface area contributed by atoms with Crippen molar-refractivity contribution in [3.8, 4) is 0 Å². The fourth-order valence-electron chi connectivity index (χ4n) is 1.59. The van der Waals surface area contributed by atoms with Crippen molar-refractivity contribution >= 4 is 6.09 Å². The van der Waals surface area contributed by atoms with Gasteiger partial charge in [-0.1, -0.05) is 0 Å². The summed E-state index contributed by atoms with van der Waals surface area (Å²) in [6.07, 6.45) is 0.760. The quantitative estimate of drug-likeness (QED) is 0.653. The van der Waals surface area contributed by atoms with Crippen LogP contribution >= 0.6 is 0 Å². The van der Waals surface area contributed by atoms with Gasteiger partial charge in [-0.3, -0.25) is 0 Å². The summed E-state index contributed by atoms with van der Waals surface area (Å²) >= 11 is 0. The smallest absolute Gasteiger partial charge is 0.409 e. The number of hydrogen-bond donors (Lipinski definition) is 0. The molecule has 76 valence electrons. The molecule has 0 bridgehead atoms. The first-order valence-corrected chi connectivity index (χ1v) is 4.68. The fraction of sp³-hybridized carbons (Fsp3) is 0.889. The van der Waals surface area contributed by atoms with Gasteiger partial charge in [0.2, 0.25) is 0 Å². The number of carbonyl (C=O) groups is 1. The van der Waals surface area contributed by atoms with Crippen LogP contribution in [0.4, 0.5) is 4.79 Å². The Kier molecular flexibility index (Phi) is 3.54. The number of nitrogens with zero attached hydrogens (tertiary/aromatic N) is 1.